The van der Waals surface area contributed by atoms with Gasteiger partial charge in [0.2, 0.25) is 0 Å². The summed E-state index contributed by atoms with van der Waals surface area (Å²) in [7, 11) is 0. The van der Waals surface area contributed by atoms with E-state index in [0.717, 1.165) is 4.47 Å². The van der Waals surface area contributed by atoms with Crippen LogP contribution in [0.25, 0.3) is 10.9 Å². The van der Waals surface area contributed by atoms with Crippen molar-refractivity contribution in [3.05, 3.63) is 57.3 Å². The average Bonchev–Trinajstić information content (AvgIpc) is 3.00. The first-order valence-corrected chi connectivity index (χ1v) is 7.51. The number of benzene rings is 1. The molecule has 1 unspecified atom stereocenters. The number of halogens is 1. The maximum Gasteiger partial charge on any atom is 0.0716 e. The van der Waals surface area contributed by atoms with Crippen LogP contribution in [0.4, 0.5) is 0 Å². The highest BCUT2D eigenvalue weighted by molar-refractivity contribution is 9.10. The second kappa shape index (κ2) is 4.88. The Labute approximate surface area is 118 Å². The standard InChI is InChI=1S/C14H13BrN2S/c15-12-1-2-13-10(7-12)3-5-17(13)14(8-16)11-4-6-18-9-11/h1-7,9,14H,8,16H2. The van der Waals surface area contributed by atoms with E-state index in [9.17, 15) is 0 Å². The predicted octanol–water partition coefficient (Wildman–Crippen LogP) is 4.01. The van der Waals surface area contributed by atoms with Crippen LogP contribution in [0.2, 0.25) is 0 Å². The molecule has 1 atom stereocenters. The molecular formula is C14H13BrN2S. The molecule has 2 nitrogen and oxygen atoms in total. The monoisotopic (exact) mass is 320 g/mol. The Kier molecular flexibility index (Phi) is 3.24. The number of nitrogens with zero attached hydrogens (tertiary/aromatic N) is 1. The fourth-order valence-electron chi connectivity index (χ4n) is 2.28. The van der Waals surface area contributed by atoms with Crippen molar-refractivity contribution in [3.63, 3.8) is 0 Å². The molecule has 2 aromatic heterocycles. The van der Waals surface area contributed by atoms with Gasteiger partial charge in [-0.3, -0.25) is 0 Å². The first kappa shape index (κ1) is 12.0. The Bertz CT molecular complexity index is 658. The maximum absolute atomic E-state index is 5.95. The summed E-state index contributed by atoms with van der Waals surface area (Å²) < 4.78 is 3.36. The minimum absolute atomic E-state index is 0.218. The second-order valence-electron chi connectivity index (χ2n) is 4.23. The molecule has 0 fully saturated rings. The topological polar surface area (TPSA) is 30.9 Å². The van der Waals surface area contributed by atoms with Gasteiger partial charge in [-0.05, 0) is 46.7 Å². The average molecular weight is 321 g/mol. The molecular weight excluding hydrogens is 308 g/mol. The molecule has 0 amide bonds. The molecule has 0 saturated heterocycles. The van der Waals surface area contributed by atoms with Gasteiger partial charge in [-0.25, -0.2) is 0 Å². The van der Waals surface area contributed by atoms with Crippen molar-refractivity contribution in [3.8, 4) is 0 Å². The number of hydrogen-bond acceptors (Lipinski definition) is 2. The highest BCUT2D eigenvalue weighted by Crippen LogP contribution is 2.27. The Morgan fingerprint density at radius 1 is 1.28 bits per heavy atom. The zero-order valence-electron chi connectivity index (χ0n) is 9.71. The van der Waals surface area contributed by atoms with E-state index in [1.807, 2.05) is 0 Å². The maximum atomic E-state index is 5.95. The van der Waals surface area contributed by atoms with E-state index >= 15 is 0 Å². The summed E-state index contributed by atoms with van der Waals surface area (Å²) in [5.74, 6) is 0. The van der Waals surface area contributed by atoms with Gasteiger partial charge in [-0.1, -0.05) is 15.9 Å². The molecule has 3 rings (SSSR count). The molecule has 0 bridgehead atoms. The van der Waals surface area contributed by atoms with Crippen LogP contribution in [-0.2, 0) is 0 Å². The summed E-state index contributed by atoms with van der Waals surface area (Å²) in [4.78, 5) is 0. The summed E-state index contributed by atoms with van der Waals surface area (Å²) in [6.45, 7) is 0.608. The van der Waals surface area contributed by atoms with Gasteiger partial charge in [0.1, 0.15) is 0 Å². The van der Waals surface area contributed by atoms with Gasteiger partial charge in [0.15, 0.2) is 0 Å². The van der Waals surface area contributed by atoms with Crippen molar-refractivity contribution in [2.24, 2.45) is 5.73 Å². The zero-order chi connectivity index (χ0) is 12.5. The molecule has 4 heteroatoms. The number of aromatic nitrogens is 1. The molecule has 0 aliphatic rings. The summed E-state index contributed by atoms with van der Waals surface area (Å²) in [5, 5.41) is 5.50. The van der Waals surface area contributed by atoms with Crippen LogP contribution < -0.4 is 5.73 Å². The smallest absolute Gasteiger partial charge is 0.0716 e. The van der Waals surface area contributed by atoms with Crippen LogP contribution in [0.5, 0.6) is 0 Å². The van der Waals surface area contributed by atoms with Crippen molar-refractivity contribution in [2.75, 3.05) is 6.54 Å². The SMILES string of the molecule is NCC(c1ccsc1)n1ccc2cc(Br)ccc21. The van der Waals surface area contributed by atoms with E-state index in [4.69, 9.17) is 5.73 Å². The third kappa shape index (κ3) is 2.00. The van der Waals surface area contributed by atoms with E-state index in [2.05, 4.69) is 67.8 Å². The molecule has 0 aliphatic heterocycles. The van der Waals surface area contributed by atoms with Gasteiger partial charge >= 0.3 is 0 Å². The second-order valence-corrected chi connectivity index (χ2v) is 5.93. The predicted molar refractivity (Wildman–Crippen MR) is 81.2 cm³/mol. The van der Waals surface area contributed by atoms with Crippen LogP contribution in [0.1, 0.15) is 11.6 Å². The lowest BCUT2D eigenvalue weighted by molar-refractivity contribution is 0.617. The van der Waals surface area contributed by atoms with Gasteiger partial charge in [0.05, 0.1) is 6.04 Å². The van der Waals surface area contributed by atoms with Gasteiger partial charge in [0, 0.05) is 28.1 Å². The number of fused-ring (bicyclic) bond motifs is 1. The van der Waals surface area contributed by atoms with Gasteiger partial charge in [-0.2, -0.15) is 11.3 Å². The molecule has 0 saturated carbocycles. The summed E-state index contributed by atoms with van der Waals surface area (Å²) >= 11 is 5.21. The molecule has 18 heavy (non-hydrogen) atoms. The first-order chi connectivity index (χ1) is 8.79. The summed E-state index contributed by atoms with van der Waals surface area (Å²) in [5.41, 5.74) is 8.45. The molecule has 0 radical (unpaired) electrons. The molecule has 0 spiro atoms. The minimum atomic E-state index is 0.218. The number of thiophene rings is 1. The van der Waals surface area contributed by atoms with Crippen molar-refractivity contribution in [1.82, 2.24) is 4.57 Å². The third-order valence-corrected chi connectivity index (χ3v) is 4.36. The van der Waals surface area contributed by atoms with E-state index in [0.29, 0.717) is 6.54 Å². The summed E-state index contributed by atoms with van der Waals surface area (Å²) in [6.07, 6.45) is 2.12. The minimum Gasteiger partial charge on any atom is -0.339 e. The summed E-state index contributed by atoms with van der Waals surface area (Å²) in [6, 6.07) is 10.8. The lowest BCUT2D eigenvalue weighted by Gasteiger charge is -2.17. The Hall–Kier alpha value is -1.10. The van der Waals surface area contributed by atoms with E-state index in [1.54, 1.807) is 11.3 Å². The highest BCUT2D eigenvalue weighted by atomic mass is 79.9. The quantitative estimate of drug-likeness (QED) is 0.776. The van der Waals surface area contributed by atoms with E-state index in [-0.39, 0.29) is 6.04 Å². The fraction of sp³-hybridized carbons (Fsp3) is 0.143. The molecule has 3 aromatic rings. The van der Waals surface area contributed by atoms with Gasteiger partial charge in [-0.15, -0.1) is 0 Å². The van der Waals surface area contributed by atoms with Crippen LogP contribution in [0.3, 0.4) is 0 Å². The van der Waals surface area contributed by atoms with Crippen molar-refractivity contribution >= 4 is 38.2 Å². The zero-order valence-corrected chi connectivity index (χ0v) is 12.1. The van der Waals surface area contributed by atoms with Crippen molar-refractivity contribution in [2.45, 2.75) is 6.04 Å². The normalized spacial score (nSPS) is 13.0. The van der Waals surface area contributed by atoms with Crippen LogP contribution in [0, 0.1) is 0 Å². The van der Waals surface area contributed by atoms with Gasteiger partial charge in [0.25, 0.3) is 0 Å². The molecule has 1 aromatic carbocycles. The Morgan fingerprint density at radius 2 is 2.17 bits per heavy atom. The first-order valence-electron chi connectivity index (χ1n) is 5.78. The highest BCUT2D eigenvalue weighted by Gasteiger charge is 2.14. The number of hydrogen-bond donors (Lipinski definition) is 1. The lowest BCUT2D eigenvalue weighted by Crippen LogP contribution is -2.19. The molecule has 92 valence electrons. The van der Waals surface area contributed by atoms with Crippen molar-refractivity contribution < 1.29 is 0 Å². The molecule has 0 aliphatic carbocycles. The number of rotatable bonds is 3. The Balaban J connectivity index is 2.13. The van der Waals surface area contributed by atoms with E-state index in [1.165, 1.54) is 16.5 Å². The van der Waals surface area contributed by atoms with E-state index < -0.39 is 0 Å². The van der Waals surface area contributed by atoms with Crippen LogP contribution >= 0.6 is 27.3 Å². The van der Waals surface area contributed by atoms with Crippen LogP contribution in [-0.4, -0.2) is 11.1 Å². The number of nitrogens with two attached hydrogens (primary N) is 1. The Morgan fingerprint density at radius 3 is 2.89 bits per heavy atom. The van der Waals surface area contributed by atoms with Gasteiger partial charge < -0.3 is 10.3 Å². The third-order valence-electron chi connectivity index (χ3n) is 3.17. The molecule has 2 heterocycles. The largest absolute Gasteiger partial charge is 0.339 e. The fourth-order valence-corrected chi connectivity index (χ4v) is 3.37. The van der Waals surface area contributed by atoms with Crippen LogP contribution in [0.15, 0.2) is 51.8 Å². The lowest BCUT2D eigenvalue weighted by atomic mass is 10.1. The molecule has 2 N–H and O–H groups in total. The van der Waals surface area contributed by atoms with Crippen molar-refractivity contribution in [1.29, 1.82) is 0 Å².